The molecule has 1 aromatic rings. The molecule has 0 spiro atoms. The molecule has 0 bridgehead atoms. The van der Waals surface area contributed by atoms with Crippen molar-refractivity contribution in [2.75, 3.05) is 6.54 Å². The summed E-state index contributed by atoms with van der Waals surface area (Å²) in [6, 6.07) is 1.45. The molecule has 1 saturated heterocycles. The first kappa shape index (κ1) is 14.6. The summed E-state index contributed by atoms with van der Waals surface area (Å²) in [4.78, 5) is 26.4. The van der Waals surface area contributed by atoms with Crippen molar-refractivity contribution in [3.8, 4) is 0 Å². The highest BCUT2D eigenvalue weighted by molar-refractivity contribution is 5.99. The zero-order valence-electron chi connectivity index (χ0n) is 12.3. The fourth-order valence-electron chi connectivity index (χ4n) is 2.49. The minimum Gasteiger partial charge on any atom is -0.342 e. The van der Waals surface area contributed by atoms with Crippen molar-refractivity contribution >= 4 is 11.8 Å². The van der Waals surface area contributed by atoms with E-state index in [0.29, 0.717) is 19.5 Å². The minimum absolute atomic E-state index is 0.00334. The van der Waals surface area contributed by atoms with E-state index in [1.165, 1.54) is 0 Å². The van der Waals surface area contributed by atoms with Gasteiger partial charge in [0.1, 0.15) is 11.6 Å². The van der Waals surface area contributed by atoms with Crippen LogP contribution in [-0.2, 0) is 16.1 Å². The Kier molecular flexibility index (Phi) is 4.11. The zero-order valence-corrected chi connectivity index (χ0v) is 12.3. The van der Waals surface area contributed by atoms with Gasteiger partial charge in [-0.1, -0.05) is 13.3 Å². The number of hydrogen-bond donors (Lipinski definition) is 1. The van der Waals surface area contributed by atoms with Gasteiger partial charge in [-0.2, -0.15) is 5.10 Å². The summed E-state index contributed by atoms with van der Waals surface area (Å²) in [6.07, 6.45) is 5.10. The Morgan fingerprint density at radius 3 is 2.70 bits per heavy atom. The van der Waals surface area contributed by atoms with Gasteiger partial charge >= 0.3 is 0 Å². The van der Waals surface area contributed by atoms with E-state index in [1.54, 1.807) is 29.6 Å². The molecule has 1 N–H and O–H groups in total. The Bertz CT molecular complexity index is 481. The fraction of sp³-hybridized carbons (Fsp3) is 0.643. The van der Waals surface area contributed by atoms with Crippen molar-refractivity contribution in [1.29, 1.82) is 0 Å². The predicted octanol–water partition coefficient (Wildman–Crippen LogP) is 0.789. The Morgan fingerprint density at radius 1 is 1.35 bits per heavy atom. The second kappa shape index (κ2) is 5.64. The number of aromatic nitrogens is 2. The summed E-state index contributed by atoms with van der Waals surface area (Å²) in [5.41, 5.74) is -0.811. The molecule has 2 heterocycles. The number of amides is 2. The van der Waals surface area contributed by atoms with Crippen LogP contribution in [0, 0.1) is 0 Å². The summed E-state index contributed by atoms with van der Waals surface area (Å²) in [5.74, 6) is -0.0837. The van der Waals surface area contributed by atoms with Crippen LogP contribution in [0.3, 0.4) is 0 Å². The van der Waals surface area contributed by atoms with Crippen LogP contribution in [-0.4, -0.2) is 44.6 Å². The topological polar surface area (TPSA) is 67.2 Å². The van der Waals surface area contributed by atoms with Gasteiger partial charge in [0.05, 0.1) is 6.54 Å². The number of nitrogens with zero attached hydrogens (tertiary/aromatic N) is 3. The highest BCUT2D eigenvalue weighted by Crippen LogP contribution is 2.22. The maximum Gasteiger partial charge on any atom is 0.246 e. The molecule has 0 aliphatic carbocycles. The molecule has 2 rings (SSSR count). The zero-order chi connectivity index (χ0) is 14.8. The maximum absolute atomic E-state index is 12.5. The molecule has 6 heteroatoms. The van der Waals surface area contributed by atoms with Gasteiger partial charge in [-0.3, -0.25) is 14.3 Å². The monoisotopic (exact) mass is 278 g/mol. The lowest BCUT2D eigenvalue weighted by Crippen LogP contribution is -2.68. The second-order valence-corrected chi connectivity index (χ2v) is 5.63. The standard InChI is InChI=1S/C14H22N4O2/c1-4-6-11-12(19)18(14(2,3)13(20)16-11)10-9-17-8-5-7-15-17/h5,7-8,11H,4,6,9-10H2,1-3H3,(H,16,20). The van der Waals surface area contributed by atoms with Gasteiger partial charge in [-0.15, -0.1) is 0 Å². The molecule has 110 valence electrons. The summed E-state index contributed by atoms with van der Waals surface area (Å²) in [7, 11) is 0. The lowest BCUT2D eigenvalue weighted by atomic mass is 9.94. The normalized spacial score (nSPS) is 21.9. The first-order valence-corrected chi connectivity index (χ1v) is 7.06. The highest BCUT2D eigenvalue weighted by atomic mass is 16.2. The summed E-state index contributed by atoms with van der Waals surface area (Å²) in [6.45, 7) is 6.65. The van der Waals surface area contributed by atoms with Crippen LogP contribution in [0.1, 0.15) is 33.6 Å². The lowest BCUT2D eigenvalue weighted by Gasteiger charge is -2.44. The van der Waals surface area contributed by atoms with Crippen molar-refractivity contribution in [2.45, 2.75) is 51.7 Å². The first-order valence-electron chi connectivity index (χ1n) is 7.06. The molecule has 1 aliphatic rings. The second-order valence-electron chi connectivity index (χ2n) is 5.63. The van der Waals surface area contributed by atoms with E-state index in [0.717, 1.165) is 6.42 Å². The molecule has 0 radical (unpaired) electrons. The van der Waals surface area contributed by atoms with Crippen LogP contribution < -0.4 is 5.32 Å². The Balaban J connectivity index is 2.12. The third-order valence-corrected chi connectivity index (χ3v) is 3.79. The van der Waals surface area contributed by atoms with Gasteiger partial charge in [-0.25, -0.2) is 0 Å². The molecular formula is C14H22N4O2. The van der Waals surface area contributed by atoms with E-state index in [1.807, 2.05) is 19.2 Å². The van der Waals surface area contributed by atoms with E-state index >= 15 is 0 Å². The average Bonchev–Trinajstić information content (AvgIpc) is 2.89. The van der Waals surface area contributed by atoms with Gasteiger partial charge in [0, 0.05) is 18.9 Å². The molecule has 1 fully saturated rings. The molecule has 0 saturated carbocycles. The van der Waals surface area contributed by atoms with E-state index in [4.69, 9.17) is 0 Å². The number of nitrogens with one attached hydrogen (secondary N) is 1. The van der Waals surface area contributed by atoms with Crippen molar-refractivity contribution < 1.29 is 9.59 Å². The maximum atomic E-state index is 12.5. The fourth-order valence-corrected chi connectivity index (χ4v) is 2.49. The first-order chi connectivity index (χ1) is 9.46. The van der Waals surface area contributed by atoms with Gasteiger partial charge in [0.25, 0.3) is 0 Å². The van der Waals surface area contributed by atoms with Gasteiger partial charge in [0.2, 0.25) is 11.8 Å². The van der Waals surface area contributed by atoms with Crippen molar-refractivity contribution in [1.82, 2.24) is 20.0 Å². The van der Waals surface area contributed by atoms with Crippen molar-refractivity contribution in [3.05, 3.63) is 18.5 Å². The van der Waals surface area contributed by atoms with E-state index in [9.17, 15) is 9.59 Å². The largest absolute Gasteiger partial charge is 0.342 e. The molecule has 1 aliphatic heterocycles. The molecule has 20 heavy (non-hydrogen) atoms. The SMILES string of the molecule is CCCC1NC(=O)C(C)(C)N(CCn2cccn2)C1=O. The summed E-state index contributed by atoms with van der Waals surface area (Å²) in [5, 5.41) is 6.95. The third-order valence-electron chi connectivity index (χ3n) is 3.79. The van der Waals surface area contributed by atoms with E-state index < -0.39 is 11.6 Å². The molecule has 6 nitrogen and oxygen atoms in total. The molecular weight excluding hydrogens is 256 g/mol. The number of rotatable bonds is 5. The van der Waals surface area contributed by atoms with Crippen LogP contribution in [0.25, 0.3) is 0 Å². The quantitative estimate of drug-likeness (QED) is 0.866. The summed E-state index contributed by atoms with van der Waals surface area (Å²) >= 11 is 0. The predicted molar refractivity (Wildman–Crippen MR) is 74.9 cm³/mol. The van der Waals surface area contributed by atoms with Crippen LogP contribution in [0.2, 0.25) is 0 Å². The van der Waals surface area contributed by atoms with Gasteiger partial charge in [-0.05, 0) is 26.3 Å². The highest BCUT2D eigenvalue weighted by Gasteiger charge is 2.45. The van der Waals surface area contributed by atoms with Gasteiger partial charge in [0.15, 0.2) is 0 Å². The van der Waals surface area contributed by atoms with Crippen LogP contribution in [0.15, 0.2) is 18.5 Å². The average molecular weight is 278 g/mol. The third kappa shape index (κ3) is 2.69. The van der Waals surface area contributed by atoms with E-state index in [-0.39, 0.29) is 11.8 Å². The molecule has 1 aromatic heterocycles. The minimum atomic E-state index is -0.811. The van der Waals surface area contributed by atoms with Crippen LogP contribution >= 0.6 is 0 Å². The molecule has 1 unspecified atom stereocenters. The lowest BCUT2D eigenvalue weighted by molar-refractivity contribution is -0.155. The van der Waals surface area contributed by atoms with E-state index in [2.05, 4.69) is 10.4 Å². The van der Waals surface area contributed by atoms with Crippen LogP contribution in [0.5, 0.6) is 0 Å². The number of hydrogen-bond acceptors (Lipinski definition) is 3. The number of carbonyl (C=O) groups excluding carboxylic acids is 2. The Labute approximate surface area is 119 Å². The molecule has 0 aromatic carbocycles. The number of piperazine rings is 1. The van der Waals surface area contributed by atoms with Crippen molar-refractivity contribution in [3.63, 3.8) is 0 Å². The molecule has 2 amide bonds. The Morgan fingerprint density at radius 2 is 2.10 bits per heavy atom. The van der Waals surface area contributed by atoms with Gasteiger partial charge < -0.3 is 10.2 Å². The van der Waals surface area contributed by atoms with Crippen LogP contribution in [0.4, 0.5) is 0 Å². The number of carbonyl (C=O) groups is 2. The molecule has 1 atom stereocenters. The summed E-state index contributed by atoms with van der Waals surface area (Å²) < 4.78 is 1.77. The smallest absolute Gasteiger partial charge is 0.246 e. The van der Waals surface area contributed by atoms with Crippen molar-refractivity contribution in [2.24, 2.45) is 0 Å². The Hall–Kier alpha value is -1.85.